The molecule has 0 bridgehead atoms. The molecule has 0 radical (unpaired) electrons. The van der Waals surface area contributed by atoms with E-state index in [0.29, 0.717) is 5.56 Å². The molecule has 1 atom stereocenters. The molecule has 1 rings (SSSR count). The zero-order valence-corrected chi connectivity index (χ0v) is 8.92. The molecule has 1 aromatic carbocycles. The Kier molecular flexibility index (Phi) is 3.52. The standard InChI is InChI=1S/C11H13F2NO/c1-7(15)11(14(2)3)8-4-5-9(12)10(13)6-8/h4-6,11H,1-3H3. The lowest BCUT2D eigenvalue weighted by atomic mass is 10.0. The zero-order valence-electron chi connectivity index (χ0n) is 8.92. The van der Waals surface area contributed by atoms with Gasteiger partial charge in [-0.3, -0.25) is 9.69 Å². The molecule has 1 aromatic rings. The average Bonchev–Trinajstić information content (AvgIpc) is 2.10. The van der Waals surface area contributed by atoms with Gasteiger partial charge in [0, 0.05) is 0 Å². The van der Waals surface area contributed by atoms with Crippen LogP contribution in [0.15, 0.2) is 18.2 Å². The number of rotatable bonds is 3. The van der Waals surface area contributed by atoms with Gasteiger partial charge in [0.15, 0.2) is 17.4 Å². The number of benzene rings is 1. The van der Waals surface area contributed by atoms with E-state index in [-0.39, 0.29) is 5.78 Å². The van der Waals surface area contributed by atoms with Crippen LogP contribution in [-0.4, -0.2) is 24.8 Å². The lowest BCUT2D eigenvalue weighted by Gasteiger charge is -2.21. The quantitative estimate of drug-likeness (QED) is 0.766. The summed E-state index contributed by atoms with van der Waals surface area (Å²) in [5.41, 5.74) is 0.464. The van der Waals surface area contributed by atoms with Crippen molar-refractivity contribution in [2.45, 2.75) is 13.0 Å². The summed E-state index contributed by atoms with van der Waals surface area (Å²) in [6, 6.07) is 2.98. The van der Waals surface area contributed by atoms with Crippen LogP contribution in [-0.2, 0) is 4.79 Å². The lowest BCUT2D eigenvalue weighted by molar-refractivity contribution is -0.121. The van der Waals surface area contributed by atoms with Gasteiger partial charge in [-0.25, -0.2) is 8.78 Å². The Bertz CT molecular complexity index is 377. The first-order valence-corrected chi connectivity index (χ1v) is 4.55. The van der Waals surface area contributed by atoms with Crippen LogP contribution in [0.1, 0.15) is 18.5 Å². The molecule has 4 heteroatoms. The van der Waals surface area contributed by atoms with Crippen LogP contribution in [0, 0.1) is 11.6 Å². The molecular formula is C11H13F2NO. The van der Waals surface area contributed by atoms with Crippen LogP contribution >= 0.6 is 0 Å². The van der Waals surface area contributed by atoms with Gasteiger partial charge < -0.3 is 0 Å². The highest BCUT2D eigenvalue weighted by Gasteiger charge is 2.20. The van der Waals surface area contributed by atoms with Gasteiger partial charge in [-0.15, -0.1) is 0 Å². The number of ketones is 1. The molecule has 0 aliphatic rings. The minimum atomic E-state index is -0.930. The molecule has 0 saturated heterocycles. The fourth-order valence-corrected chi connectivity index (χ4v) is 1.58. The summed E-state index contributed by atoms with van der Waals surface area (Å²) in [6.45, 7) is 1.42. The van der Waals surface area contributed by atoms with E-state index in [9.17, 15) is 13.6 Å². The van der Waals surface area contributed by atoms with E-state index in [1.165, 1.54) is 13.0 Å². The van der Waals surface area contributed by atoms with Crippen molar-refractivity contribution in [3.8, 4) is 0 Å². The highest BCUT2D eigenvalue weighted by molar-refractivity contribution is 5.82. The van der Waals surface area contributed by atoms with Crippen LogP contribution < -0.4 is 0 Å². The molecular weight excluding hydrogens is 200 g/mol. The van der Waals surface area contributed by atoms with E-state index in [4.69, 9.17) is 0 Å². The third-order valence-corrected chi connectivity index (χ3v) is 2.16. The van der Waals surface area contributed by atoms with Crippen LogP contribution in [0.25, 0.3) is 0 Å². The van der Waals surface area contributed by atoms with Crippen molar-refractivity contribution in [2.24, 2.45) is 0 Å². The third-order valence-electron chi connectivity index (χ3n) is 2.16. The summed E-state index contributed by atoms with van der Waals surface area (Å²) in [4.78, 5) is 13.0. The van der Waals surface area contributed by atoms with Crippen molar-refractivity contribution in [3.05, 3.63) is 35.4 Å². The van der Waals surface area contributed by atoms with Crippen molar-refractivity contribution >= 4 is 5.78 Å². The molecule has 0 saturated carbocycles. The monoisotopic (exact) mass is 213 g/mol. The van der Waals surface area contributed by atoms with Crippen LogP contribution in [0.5, 0.6) is 0 Å². The highest BCUT2D eigenvalue weighted by atomic mass is 19.2. The Morgan fingerprint density at radius 3 is 2.27 bits per heavy atom. The maximum absolute atomic E-state index is 13.0. The Balaban J connectivity index is 3.12. The van der Waals surface area contributed by atoms with Gasteiger partial charge in [-0.2, -0.15) is 0 Å². The van der Waals surface area contributed by atoms with Crippen LogP contribution in [0.4, 0.5) is 8.78 Å². The van der Waals surface area contributed by atoms with Gasteiger partial charge in [0.25, 0.3) is 0 Å². The minimum Gasteiger partial charge on any atom is -0.298 e. The van der Waals surface area contributed by atoms with Crippen molar-refractivity contribution in [2.75, 3.05) is 14.1 Å². The molecule has 0 fully saturated rings. The van der Waals surface area contributed by atoms with E-state index >= 15 is 0 Å². The number of Topliss-reactive ketones (excluding diaryl/α,β-unsaturated/α-hetero) is 1. The maximum atomic E-state index is 13.0. The number of nitrogens with zero attached hydrogens (tertiary/aromatic N) is 1. The second-order valence-electron chi connectivity index (χ2n) is 3.65. The largest absolute Gasteiger partial charge is 0.298 e. The first-order chi connectivity index (χ1) is 6.93. The summed E-state index contributed by atoms with van der Waals surface area (Å²) >= 11 is 0. The van der Waals surface area contributed by atoms with Gasteiger partial charge in [0.05, 0.1) is 6.04 Å². The van der Waals surface area contributed by atoms with E-state index in [1.54, 1.807) is 19.0 Å². The first kappa shape index (κ1) is 11.8. The zero-order chi connectivity index (χ0) is 11.6. The number of hydrogen-bond donors (Lipinski definition) is 0. The molecule has 82 valence electrons. The fourth-order valence-electron chi connectivity index (χ4n) is 1.58. The second-order valence-corrected chi connectivity index (χ2v) is 3.65. The summed E-state index contributed by atoms with van der Waals surface area (Å²) < 4.78 is 25.7. The van der Waals surface area contributed by atoms with Crippen LogP contribution in [0.3, 0.4) is 0 Å². The molecule has 0 aliphatic heterocycles. The minimum absolute atomic E-state index is 0.106. The van der Waals surface area contributed by atoms with Gasteiger partial charge in [0.1, 0.15) is 0 Å². The van der Waals surface area contributed by atoms with E-state index in [1.807, 2.05) is 0 Å². The molecule has 0 amide bonds. The molecule has 2 nitrogen and oxygen atoms in total. The second kappa shape index (κ2) is 4.49. The Morgan fingerprint density at radius 1 is 1.27 bits per heavy atom. The number of carbonyl (C=O) groups excluding carboxylic acids is 1. The average molecular weight is 213 g/mol. The fraction of sp³-hybridized carbons (Fsp3) is 0.364. The van der Waals surface area contributed by atoms with E-state index < -0.39 is 17.7 Å². The van der Waals surface area contributed by atoms with Gasteiger partial charge >= 0.3 is 0 Å². The van der Waals surface area contributed by atoms with Crippen molar-refractivity contribution in [3.63, 3.8) is 0 Å². The summed E-state index contributed by atoms with van der Waals surface area (Å²) in [7, 11) is 3.43. The van der Waals surface area contributed by atoms with Crippen molar-refractivity contribution in [1.82, 2.24) is 4.90 Å². The lowest BCUT2D eigenvalue weighted by Crippen LogP contribution is -2.26. The Hall–Kier alpha value is -1.29. The highest BCUT2D eigenvalue weighted by Crippen LogP contribution is 2.21. The number of hydrogen-bond acceptors (Lipinski definition) is 2. The van der Waals surface area contributed by atoms with Gasteiger partial charge in [-0.05, 0) is 38.7 Å². The number of likely N-dealkylation sites (N-methyl/N-ethyl adjacent to an activating group) is 1. The first-order valence-electron chi connectivity index (χ1n) is 4.55. The normalized spacial score (nSPS) is 12.9. The van der Waals surface area contributed by atoms with Crippen LogP contribution in [0.2, 0.25) is 0 Å². The maximum Gasteiger partial charge on any atom is 0.159 e. The van der Waals surface area contributed by atoms with Gasteiger partial charge in [0.2, 0.25) is 0 Å². The topological polar surface area (TPSA) is 20.3 Å². The number of halogens is 2. The molecule has 0 spiro atoms. The Morgan fingerprint density at radius 2 is 1.87 bits per heavy atom. The molecule has 0 aliphatic carbocycles. The number of carbonyl (C=O) groups is 1. The molecule has 0 N–H and O–H groups in total. The summed E-state index contributed by atoms with van der Waals surface area (Å²) in [6.07, 6.45) is 0. The summed E-state index contributed by atoms with van der Waals surface area (Å²) in [5, 5.41) is 0. The third kappa shape index (κ3) is 2.59. The molecule has 1 unspecified atom stereocenters. The molecule has 15 heavy (non-hydrogen) atoms. The van der Waals surface area contributed by atoms with Crippen molar-refractivity contribution in [1.29, 1.82) is 0 Å². The SMILES string of the molecule is CC(=O)C(c1ccc(F)c(F)c1)N(C)C. The van der Waals surface area contributed by atoms with E-state index in [2.05, 4.69) is 0 Å². The summed E-state index contributed by atoms with van der Waals surface area (Å²) in [5.74, 6) is -1.94. The van der Waals surface area contributed by atoms with E-state index in [0.717, 1.165) is 12.1 Å². The predicted octanol–water partition coefficient (Wildman–Crippen LogP) is 2.16. The molecule has 0 aromatic heterocycles. The van der Waals surface area contributed by atoms with Gasteiger partial charge in [-0.1, -0.05) is 6.07 Å². The smallest absolute Gasteiger partial charge is 0.159 e. The Labute approximate surface area is 87.5 Å². The molecule has 0 heterocycles. The predicted molar refractivity (Wildman–Crippen MR) is 53.5 cm³/mol. The van der Waals surface area contributed by atoms with Crippen molar-refractivity contribution < 1.29 is 13.6 Å².